The van der Waals surface area contributed by atoms with Crippen LogP contribution >= 0.6 is 0 Å². The maximum atomic E-state index is 13.4. The van der Waals surface area contributed by atoms with Crippen LogP contribution in [-0.2, 0) is 9.47 Å². The minimum absolute atomic E-state index is 0.0584. The van der Waals surface area contributed by atoms with Gasteiger partial charge in [-0.2, -0.15) is 0 Å². The fourth-order valence-corrected chi connectivity index (χ4v) is 1.18. The Bertz CT molecular complexity index is 294. The molecule has 0 aliphatic heterocycles. The van der Waals surface area contributed by atoms with Crippen molar-refractivity contribution in [2.75, 3.05) is 13.2 Å². The number of rotatable bonds is 4. The first-order chi connectivity index (χ1) is 6.70. The molecule has 1 aliphatic rings. The fraction of sp³-hybridized carbons (Fsp3) is 0.500. The van der Waals surface area contributed by atoms with Crippen molar-refractivity contribution in [3.63, 3.8) is 0 Å². The summed E-state index contributed by atoms with van der Waals surface area (Å²) in [4.78, 5) is 0. The topological polar surface area (TPSA) is 42.3 Å². The van der Waals surface area contributed by atoms with Crippen molar-refractivity contribution in [2.45, 2.75) is 20.3 Å². The quantitative estimate of drug-likeness (QED) is 0.756. The van der Waals surface area contributed by atoms with Gasteiger partial charge in [-0.05, 0) is 19.9 Å². The number of halogens is 1. The zero-order chi connectivity index (χ0) is 10.6. The van der Waals surface area contributed by atoms with Crippen LogP contribution in [0.15, 0.2) is 23.4 Å². The van der Waals surface area contributed by atoms with Crippen LogP contribution in [0.25, 0.3) is 0 Å². The third kappa shape index (κ3) is 2.13. The van der Waals surface area contributed by atoms with E-state index in [0.717, 1.165) is 0 Å². The van der Waals surface area contributed by atoms with Gasteiger partial charge in [0.25, 0.3) is 0 Å². The summed E-state index contributed by atoms with van der Waals surface area (Å²) in [5, 5.41) is 7.31. The summed E-state index contributed by atoms with van der Waals surface area (Å²) >= 11 is 0. The van der Waals surface area contributed by atoms with Crippen molar-refractivity contribution in [1.82, 2.24) is 0 Å². The number of hydrogen-bond acceptors (Lipinski definition) is 3. The zero-order valence-electron chi connectivity index (χ0n) is 8.39. The molecule has 0 unspecified atom stereocenters. The highest BCUT2D eigenvalue weighted by atomic mass is 19.1. The monoisotopic (exact) mass is 199 g/mol. The molecule has 0 spiro atoms. The summed E-state index contributed by atoms with van der Waals surface area (Å²) < 4.78 is 23.7. The summed E-state index contributed by atoms with van der Waals surface area (Å²) in [7, 11) is 0. The molecule has 0 aromatic rings. The van der Waals surface area contributed by atoms with Gasteiger partial charge in [-0.15, -0.1) is 0 Å². The first-order valence-corrected chi connectivity index (χ1v) is 4.64. The van der Waals surface area contributed by atoms with E-state index in [4.69, 9.17) is 14.9 Å². The van der Waals surface area contributed by atoms with Crippen molar-refractivity contribution in [1.29, 1.82) is 5.41 Å². The molecule has 0 atom stereocenters. The van der Waals surface area contributed by atoms with E-state index < -0.39 is 5.83 Å². The highest BCUT2D eigenvalue weighted by molar-refractivity contribution is 5.98. The van der Waals surface area contributed by atoms with Gasteiger partial charge in [-0.3, -0.25) is 0 Å². The third-order valence-corrected chi connectivity index (χ3v) is 1.77. The van der Waals surface area contributed by atoms with E-state index >= 15 is 0 Å². The molecule has 0 saturated heterocycles. The van der Waals surface area contributed by atoms with Gasteiger partial charge in [0.15, 0.2) is 17.3 Å². The average molecular weight is 199 g/mol. The van der Waals surface area contributed by atoms with Crippen molar-refractivity contribution in [2.24, 2.45) is 0 Å². The van der Waals surface area contributed by atoms with Crippen LogP contribution < -0.4 is 0 Å². The fourth-order valence-electron chi connectivity index (χ4n) is 1.18. The summed E-state index contributed by atoms with van der Waals surface area (Å²) in [6.07, 6.45) is 1.93. The predicted molar refractivity (Wildman–Crippen MR) is 51.8 cm³/mol. The highest BCUT2D eigenvalue weighted by Gasteiger charge is 2.22. The van der Waals surface area contributed by atoms with Gasteiger partial charge in [-0.1, -0.05) is 0 Å². The van der Waals surface area contributed by atoms with E-state index in [1.165, 1.54) is 0 Å². The second-order valence-corrected chi connectivity index (χ2v) is 2.76. The van der Waals surface area contributed by atoms with E-state index in [1.807, 2.05) is 6.92 Å². The lowest BCUT2D eigenvalue weighted by Crippen LogP contribution is -2.12. The SMILES string of the molecule is CCOC1=CCC(=N)C(F)=C1OCC. The first-order valence-electron chi connectivity index (χ1n) is 4.64. The molecule has 0 amide bonds. The largest absolute Gasteiger partial charge is 0.490 e. The Kier molecular flexibility index (Phi) is 3.68. The number of hydrogen-bond donors (Lipinski definition) is 1. The molecule has 0 radical (unpaired) electrons. The molecule has 1 rings (SSSR count). The average Bonchev–Trinajstić information content (AvgIpc) is 2.18. The molecule has 1 aliphatic carbocycles. The molecule has 0 bridgehead atoms. The van der Waals surface area contributed by atoms with Gasteiger partial charge in [0, 0.05) is 6.42 Å². The van der Waals surface area contributed by atoms with E-state index in [0.29, 0.717) is 19.0 Å². The first kappa shape index (κ1) is 10.8. The van der Waals surface area contributed by atoms with Gasteiger partial charge < -0.3 is 14.9 Å². The van der Waals surface area contributed by atoms with Crippen molar-refractivity contribution in [3.8, 4) is 0 Å². The van der Waals surface area contributed by atoms with Gasteiger partial charge in [0.05, 0.1) is 18.9 Å². The van der Waals surface area contributed by atoms with Gasteiger partial charge >= 0.3 is 0 Å². The molecule has 0 fully saturated rings. The second-order valence-electron chi connectivity index (χ2n) is 2.76. The maximum Gasteiger partial charge on any atom is 0.198 e. The lowest BCUT2D eigenvalue weighted by molar-refractivity contribution is 0.157. The Labute approximate surface area is 82.7 Å². The van der Waals surface area contributed by atoms with E-state index in [1.54, 1.807) is 13.0 Å². The van der Waals surface area contributed by atoms with Crippen LogP contribution in [0, 0.1) is 5.41 Å². The number of nitrogens with one attached hydrogen (secondary N) is 1. The molecule has 78 valence electrons. The van der Waals surface area contributed by atoms with Crippen LogP contribution in [-0.4, -0.2) is 18.9 Å². The van der Waals surface area contributed by atoms with Crippen LogP contribution in [0.5, 0.6) is 0 Å². The molecular weight excluding hydrogens is 185 g/mol. The van der Waals surface area contributed by atoms with Crippen LogP contribution in [0.2, 0.25) is 0 Å². The van der Waals surface area contributed by atoms with E-state index in [-0.39, 0.29) is 17.9 Å². The summed E-state index contributed by atoms with van der Waals surface area (Å²) in [5.41, 5.74) is -0.0584. The summed E-state index contributed by atoms with van der Waals surface area (Å²) in [6, 6.07) is 0. The lowest BCUT2D eigenvalue weighted by atomic mass is 10.1. The molecular formula is C10H14FNO2. The van der Waals surface area contributed by atoms with Crippen molar-refractivity contribution >= 4 is 5.71 Å². The molecule has 0 aromatic carbocycles. The molecule has 0 saturated carbocycles. The molecule has 14 heavy (non-hydrogen) atoms. The second kappa shape index (κ2) is 4.79. The normalized spacial score (nSPS) is 16.8. The predicted octanol–water partition coefficient (Wildman–Crippen LogP) is 2.55. The van der Waals surface area contributed by atoms with Crippen LogP contribution in [0.3, 0.4) is 0 Å². The summed E-state index contributed by atoms with van der Waals surface area (Å²) in [5.74, 6) is -0.147. The van der Waals surface area contributed by atoms with E-state index in [2.05, 4.69) is 0 Å². The van der Waals surface area contributed by atoms with Crippen molar-refractivity contribution in [3.05, 3.63) is 23.4 Å². The third-order valence-electron chi connectivity index (χ3n) is 1.77. The Morgan fingerprint density at radius 3 is 2.57 bits per heavy atom. The Balaban J connectivity index is 2.90. The Hall–Kier alpha value is -1.32. The summed E-state index contributed by atoms with van der Waals surface area (Å²) in [6.45, 7) is 4.41. The maximum absolute atomic E-state index is 13.4. The Morgan fingerprint density at radius 2 is 2.00 bits per heavy atom. The minimum Gasteiger partial charge on any atom is -0.490 e. The molecule has 0 heterocycles. The zero-order valence-corrected chi connectivity index (χ0v) is 8.39. The van der Waals surface area contributed by atoms with Crippen LogP contribution in [0.4, 0.5) is 4.39 Å². The standard InChI is InChI=1S/C10H14FNO2/c1-3-13-8-6-5-7(12)9(11)10(8)14-4-2/h6,12H,3-5H2,1-2H3. The Morgan fingerprint density at radius 1 is 1.36 bits per heavy atom. The molecule has 3 nitrogen and oxygen atoms in total. The van der Waals surface area contributed by atoms with Gasteiger partial charge in [0.2, 0.25) is 0 Å². The molecule has 0 aromatic heterocycles. The van der Waals surface area contributed by atoms with Crippen molar-refractivity contribution < 1.29 is 13.9 Å². The lowest BCUT2D eigenvalue weighted by Gasteiger charge is -2.18. The van der Waals surface area contributed by atoms with E-state index in [9.17, 15) is 4.39 Å². The van der Waals surface area contributed by atoms with Gasteiger partial charge in [-0.25, -0.2) is 4.39 Å². The van der Waals surface area contributed by atoms with Crippen LogP contribution in [0.1, 0.15) is 20.3 Å². The smallest absolute Gasteiger partial charge is 0.198 e. The number of allylic oxidation sites excluding steroid dienone is 2. The van der Waals surface area contributed by atoms with Gasteiger partial charge in [0.1, 0.15) is 0 Å². The number of ether oxygens (including phenoxy) is 2. The molecule has 4 heteroatoms. The highest BCUT2D eigenvalue weighted by Crippen LogP contribution is 2.25. The minimum atomic E-state index is -0.613. The molecule has 1 N–H and O–H groups in total.